The molecule has 1 aromatic carbocycles. The van der Waals surface area contributed by atoms with Gasteiger partial charge in [0, 0.05) is 11.1 Å². The maximum Gasteiger partial charge on any atom is 0.123 e. The van der Waals surface area contributed by atoms with Crippen molar-refractivity contribution in [3.63, 3.8) is 0 Å². The number of hydrogen-bond donors (Lipinski definition) is 1. The van der Waals surface area contributed by atoms with Crippen molar-refractivity contribution < 1.29 is 9.13 Å². The molecule has 0 saturated carbocycles. The van der Waals surface area contributed by atoms with Crippen LogP contribution in [0.15, 0.2) is 18.2 Å². The molecule has 4 heteroatoms. The van der Waals surface area contributed by atoms with Crippen LogP contribution >= 0.6 is 0 Å². The Labute approximate surface area is 115 Å². The summed E-state index contributed by atoms with van der Waals surface area (Å²) in [5, 5.41) is 3.30. The Morgan fingerprint density at radius 1 is 1.42 bits per heavy atom. The monoisotopic (exact) mass is 268 g/mol. The van der Waals surface area contributed by atoms with Gasteiger partial charge in [0.25, 0.3) is 0 Å². The van der Waals surface area contributed by atoms with Gasteiger partial charge in [-0.15, -0.1) is 0 Å². The van der Waals surface area contributed by atoms with Gasteiger partial charge in [-0.05, 0) is 52.7 Å². The van der Waals surface area contributed by atoms with E-state index in [4.69, 9.17) is 4.74 Å². The van der Waals surface area contributed by atoms with Crippen LogP contribution < -0.4 is 10.1 Å². The zero-order chi connectivity index (χ0) is 14.6. The average molecular weight is 268 g/mol. The molecule has 19 heavy (non-hydrogen) atoms. The lowest BCUT2D eigenvalue weighted by Crippen LogP contribution is -2.50. The van der Waals surface area contributed by atoms with Crippen molar-refractivity contribution in [1.29, 1.82) is 0 Å². The van der Waals surface area contributed by atoms with E-state index < -0.39 is 0 Å². The Morgan fingerprint density at radius 2 is 2.05 bits per heavy atom. The summed E-state index contributed by atoms with van der Waals surface area (Å²) in [6, 6.07) is 4.64. The molecule has 108 valence electrons. The lowest BCUT2D eigenvalue weighted by molar-refractivity contribution is 0.115. The average Bonchev–Trinajstić information content (AvgIpc) is 2.39. The van der Waals surface area contributed by atoms with Crippen LogP contribution in [0.2, 0.25) is 0 Å². The summed E-state index contributed by atoms with van der Waals surface area (Å²) in [5.41, 5.74) is 0.721. The van der Waals surface area contributed by atoms with E-state index in [9.17, 15) is 4.39 Å². The van der Waals surface area contributed by atoms with Gasteiger partial charge in [0.15, 0.2) is 0 Å². The number of benzene rings is 1. The van der Waals surface area contributed by atoms with E-state index in [0.717, 1.165) is 12.0 Å². The van der Waals surface area contributed by atoms with E-state index in [-0.39, 0.29) is 17.4 Å². The van der Waals surface area contributed by atoms with Crippen molar-refractivity contribution in [3.8, 4) is 5.75 Å². The second kappa shape index (κ2) is 6.35. The van der Waals surface area contributed by atoms with E-state index in [0.29, 0.717) is 5.75 Å². The van der Waals surface area contributed by atoms with Crippen molar-refractivity contribution in [2.75, 3.05) is 28.3 Å². The van der Waals surface area contributed by atoms with Gasteiger partial charge in [-0.2, -0.15) is 0 Å². The molecular weight excluding hydrogens is 243 g/mol. The summed E-state index contributed by atoms with van der Waals surface area (Å²) < 4.78 is 19.0. The Hall–Kier alpha value is -1.13. The van der Waals surface area contributed by atoms with Gasteiger partial charge in [-0.1, -0.05) is 6.92 Å². The van der Waals surface area contributed by atoms with E-state index in [2.05, 4.69) is 24.1 Å². The second-order valence-corrected chi connectivity index (χ2v) is 5.21. The van der Waals surface area contributed by atoms with Crippen LogP contribution in [-0.2, 0) is 0 Å². The van der Waals surface area contributed by atoms with Crippen LogP contribution in [0.5, 0.6) is 5.75 Å². The lowest BCUT2D eigenvalue weighted by Gasteiger charge is -2.43. The molecule has 0 aliphatic rings. The van der Waals surface area contributed by atoms with E-state index >= 15 is 0 Å². The number of halogens is 1. The Bertz CT molecular complexity index is 423. The summed E-state index contributed by atoms with van der Waals surface area (Å²) in [4.78, 5) is 2.17. The molecule has 2 unspecified atom stereocenters. The van der Waals surface area contributed by atoms with Crippen LogP contribution in [0, 0.1) is 5.82 Å². The number of nitrogens with zero attached hydrogens (tertiary/aromatic N) is 1. The number of hydrogen-bond acceptors (Lipinski definition) is 3. The van der Waals surface area contributed by atoms with Crippen LogP contribution in [0.3, 0.4) is 0 Å². The molecule has 0 saturated heterocycles. The van der Waals surface area contributed by atoms with Gasteiger partial charge in [-0.25, -0.2) is 4.39 Å². The first kappa shape index (κ1) is 15.9. The number of ether oxygens (including phenoxy) is 1. The minimum Gasteiger partial charge on any atom is -0.496 e. The fraction of sp³-hybridized carbons (Fsp3) is 0.600. The third kappa shape index (κ3) is 3.07. The van der Waals surface area contributed by atoms with E-state index in [1.54, 1.807) is 19.2 Å². The van der Waals surface area contributed by atoms with Gasteiger partial charge in [-0.3, -0.25) is 0 Å². The van der Waals surface area contributed by atoms with Gasteiger partial charge >= 0.3 is 0 Å². The topological polar surface area (TPSA) is 24.5 Å². The molecule has 0 radical (unpaired) electrons. The summed E-state index contributed by atoms with van der Waals surface area (Å²) in [6.07, 6.45) is 0.936. The van der Waals surface area contributed by atoms with Gasteiger partial charge in [0.1, 0.15) is 11.6 Å². The molecular formula is C15H25FN2O. The third-order valence-corrected chi connectivity index (χ3v) is 4.15. The maximum absolute atomic E-state index is 13.6. The fourth-order valence-corrected chi connectivity index (χ4v) is 2.51. The largest absolute Gasteiger partial charge is 0.496 e. The highest BCUT2D eigenvalue weighted by atomic mass is 19.1. The van der Waals surface area contributed by atoms with Crippen molar-refractivity contribution in [2.45, 2.75) is 31.8 Å². The molecule has 0 aromatic heterocycles. The molecule has 0 bridgehead atoms. The standard InChI is InChI=1S/C15H25FN2O/c1-7-15(2,18(4)5)14(17-3)12-10-11(16)8-9-13(12)19-6/h8-10,14,17H,7H2,1-6H3. The molecule has 1 N–H and O–H groups in total. The minimum absolute atomic E-state index is 0.0156. The highest BCUT2D eigenvalue weighted by Gasteiger charge is 2.36. The van der Waals surface area contributed by atoms with Crippen LogP contribution in [0.1, 0.15) is 31.9 Å². The normalized spacial score (nSPS) is 16.2. The second-order valence-electron chi connectivity index (χ2n) is 5.21. The minimum atomic E-state index is -0.242. The molecule has 0 fully saturated rings. The highest BCUT2D eigenvalue weighted by Crippen LogP contribution is 2.37. The van der Waals surface area contributed by atoms with Crippen molar-refractivity contribution in [2.24, 2.45) is 0 Å². The Balaban J connectivity index is 3.33. The molecule has 1 rings (SSSR count). The number of rotatable bonds is 6. The smallest absolute Gasteiger partial charge is 0.123 e. The first-order chi connectivity index (χ1) is 8.90. The first-order valence-electron chi connectivity index (χ1n) is 6.58. The van der Waals surface area contributed by atoms with Crippen LogP contribution in [0.25, 0.3) is 0 Å². The van der Waals surface area contributed by atoms with Crippen molar-refractivity contribution in [1.82, 2.24) is 10.2 Å². The summed E-state index contributed by atoms with van der Waals surface area (Å²) in [7, 11) is 7.59. The zero-order valence-electron chi connectivity index (χ0n) is 12.7. The molecule has 0 aliphatic carbocycles. The molecule has 1 aromatic rings. The van der Waals surface area contributed by atoms with Crippen LogP contribution in [-0.4, -0.2) is 38.7 Å². The highest BCUT2D eigenvalue weighted by molar-refractivity contribution is 5.38. The molecule has 3 nitrogen and oxygen atoms in total. The number of methoxy groups -OCH3 is 1. The summed E-state index contributed by atoms with van der Waals surface area (Å²) in [5.74, 6) is 0.468. The molecule has 0 heterocycles. The van der Waals surface area contributed by atoms with Gasteiger partial charge in [0.2, 0.25) is 0 Å². The summed E-state index contributed by atoms with van der Waals surface area (Å²) >= 11 is 0. The molecule has 0 spiro atoms. The van der Waals surface area contributed by atoms with Gasteiger partial charge in [0.05, 0.1) is 13.2 Å². The maximum atomic E-state index is 13.6. The summed E-state index contributed by atoms with van der Waals surface area (Å²) in [6.45, 7) is 4.30. The number of nitrogens with one attached hydrogen (secondary N) is 1. The van der Waals surface area contributed by atoms with Crippen molar-refractivity contribution in [3.05, 3.63) is 29.6 Å². The van der Waals surface area contributed by atoms with E-state index in [1.165, 1.54) is 6.07 Å². The van der Waals surface area contributed by atoms with Gasteiger partial charge < -0.3 is 15.0 Å². The Kier molecular flexibility index (Phi) is 5.32. The predicted octanol–water partition coefficient (Wildman–Crippen LogP) is 2.83. The van der Waals surface area contributed by atoms with E-state index in [1.807, 2.05) is 21.1 Å². The quantitative estimate of drug-likeness (QED) is 0.858. The fourth-order valence-electron chi connectivity index (χ4n) is 2.51. The first-order valence-corrected chi connectivity index (χ1v) is 6.58. The van der Waals surface area contributed by atoms with Crippen molar-refractivity contribution >= 4 is 0 Å². The lowest BCUT2D eigenvalue weighted by atomic mass is 9.83. The Morgan fingerprint density at radius 3 is 2.47 bits per heavy atom. The third-order valence-electron chi connectivity index (χ3n) is 4.15. The predicted molar refractivity (Wildman–Crippen MR) is 77.1 cm³/mol. The SMILES string of the molecule is CCC(C)(C(NC)c1cc(F)ccc1OC)N(C)C. The molecule has 0 amide bonds. The van der Waals surface area contributed by atoms with Crippen LogP contribution in [0.4, 0.5) is 4.39 Å². The zero-order valence-corrected chi connectivity index (χ0v) is 12.7. The molecule has 0 aliphatic heterocycles. The number of likely N-dealkylation sites (N-methyl/N-ethyl adjacent to an activating group) is 2. The molecule has 2 atom stereocenters.